The van der Waals surface area contributed by atoms with Crippen LogP contribution >= 0.6 is 0 Å². The van der Waals surface area contributed by atoms with Gasteiger partial charge in [0.2, 0.25) is 10.0 Å². The molecular weight excluding hydrogens is 417 g/mol. The highest BCUT2D eigenvalue weighted by Gasteiger charge is 2.55. The summed E-state index contributed by atoms with van der Waals surface area (Å²) in [7, 11) is -1.98. The number of alkyl halides is 3. The number of hydrogen-bond acceptors (Lipinski definition) is 5. The van der Waals surface area contributed by atoms with Gasteiger partial charge in [0.25, 0.3) is 0 Å². The molecule has 2 fully saturated rings. The molecule has 0 unspecified atom stereocenters. The van der Waals surface area contributed by atoms with Crippen LogP contribution in [0.4, 0.5) is 18.9 Å². The van der Waals surface area contributed by atoms with Crippen LogP contribution < -0.4 is 5.32 Å². The van der Waals surface area contributed by atoms with Gasteiger partial charge in [-0.15, -0.1) is 0 Å². The minimum Gasteiger partial charge on any atom is -0.388 e. The first-order chi connectivity index (χ1) is 14.0. The molecule has 2 aliphatic heterocycles. The molecule has 0 aliphatic carbocycles. The van der Waals surface area contributed by atoms with E-state index in [1.165, 1.54) is 16.8 Å². The topological polar surface area (TPSA) is 65.5 Å². The Labute approximate surface area is 173 Å². The van der Waals surface area contributed by atoms with Crippen molar-refractivity contribution in [2.45, 2.75) is 24.5 Å². The van der Waals surface area contributed by atoms with Gasteiger partial charge in [-0.05, 0) is 36.8 Å². The second kappa shape index (κ2) is 7.21. The van der Waals surface area contributed by atoms with Crippen molar-refractivity contribution in [2.75, 3.05) is 38.5 Å². The average molecular weight is 440 g/mol. The van der Waals surface area contributed by atoms with Crippen LogP contribution in [0.25, 0.3) is 0 Å². The van der Waals surface area contributed by atoms with Gasteiger partial charge >= 0.3 is 6.18 Å². The number of pyridine rings is 1. The van der Waals surface area contributed by atoms with Gasteiger partial charge in [-0.25, -0.2) is 13.4 Å². The van der Waals surface area contributed by atoms with E-state index < -0.39 is 21.9 Å². The largest absolute Gasteiger partial charge is 0.433 e. The molecule has 0 saturated carbocycles. The average Bonchev–Trinajstić information content (AvgIpc) is 2.61. The van der Waals surface area contributed by atoms with Crippen LogP contribution in [0.1, 0.15) is 17.0 Å². The number of anilines is 1. The molecule has 1 aromatic heterocycles. The maximum absolute atomic E-state index is 12.9. The van der Waals surface area contributed by atoms with E-state index in [1.54, 1.807) is 0 Å². The molecule has 0 bridgehead atoms. The molecule has 10 heteroatoms. The molecule has 2 aliphatic rings. The molecule has 2 aromatic rings. The summed E-state index contributed by atoms with van der Waals surface area (Å²) in [6, 6.07) is 9.86. The van der Waals surface area contributed by atoms with Crippen LogP contribution in [-0.4, -0.2) is 55.8 Å². The molecule has 2 saturated heterocycles. The van der Waals surface area contributed by atoms with Gasteiger partial charge in [0.05, 0.1) is 5.69 Å². The highest BCUT2D eigenvalue weighted by Crippen LogP contribution is 2.43. The Morgan fingerprint density at radius 1 is 1.13 bits per heavy atom. The van der Waals surface area contributed by atoms with Crippen LogP contribution in [0.3, 0.4) is 0 Å². The number of nitrogens with one attached hydrogen (secondary N) is 1. The fourth-order valence-electron chi connectivity index (χ4n) is 4.29. The molecule has 0 amide bonds. The molecule has 3 heterocycles. The van der Waals surface area contributed by atoms with Crippen molar-refractivity contribution in [2.24, 2.45) is 5.41 Å². The summed E-state index contributed by atoms with van der Waals surface area (Å²) in [4.78, 5) is 5.56. The highest BCUT2D eigenvalue weighted by molar-refractivity contribution is 7.89. The van der Waals surface area contributed by atoms with Gasteiger partial charge in [-0.3, -0.25) is 4.90 Å². The van der Waals surface area contributed by atoms with E-state index in [9.17, 15) is 21.6 Å². The van der Waals surface area contributed by atoms with E-state index in [4.69, 9.17) is 0 Å². The van der Waals surface area contributed by atoms with Crippen molar-refractivity contribution in [1.29, 1.82) is 0 Å². The first kappa shape index (κ1) is 21.1. The normalized spacial score (nSPS) is 19.4. The zero-order valence-corrected chi connectivity index (χ0v) is 17.5. The maximum atomic E-state index is 12.9. The first-order valence-corrected chi connectivity index (χ1v) is 11.0. The van der Waals surface area contributed by atoms with Gasteiger partial charge in [-0.1, -0.05) is 12.1 Å². The third kappa shape index (κ3) is 3.79. The third-order valence-corrected chi connectivity index (χ3v) is 7.63. The van der Waals surface area contributed by atoms with E-state index in [2.05, 4.69) is 27.3 Å². The summed E-state index contributed by atoms with van der Waals surface area (Å²) in [5, 5.41) is 3.11. The van der Waals surface area contributed by atoms with E-state index in [1.807, 2.05) is 19.2 Å². The molecule has 1 spiro atoms. The van der Waals surface area contributed by atoms with Crippen molar-refractivity contribution in [1.82, 2.24) is 14.2 Å². The van der Waals surface area contributed by atoms with E-state index >= 15 is 0 Å². The zero-order valence-electron chi connectivity index (χ0n) is 16.7. The lowest BCUT2D eigenvalue weighted by Crippen LogP contribution is -2.72. The Balaban J connectivity index is 1.37. The summed E-state index contributed by atoms with van der Waals surface area (Å²) >= 11 is 0. The maximum Gasteiger partial charge on any atom is 0.433 e. The summed E-state index contributed by atoms with van der Waals surface area (Å²) in [6.45, 7) is 4.44. The van der Waals surface area contributed by atoms with Gasteiger partial charge in [0, 0.05) is 50.9 Å². The number of benzene rings is 1. The van der Waals surface area contributed by atoms with Crippen LogP contribution in [0.5, 0.6) is 0 Å². The number of aromatic nitrogens is 1. The second-order valence-electron chi connectivity index (χ2n) is 8.15. The van der Waals surface area contributed by atoms with E-state index in [0.29, 0.717) is 13.1 Å². The Hall–Kier alpha value is -2.17. The number of aryl methyl sites for hydroxylation is 1. The molecule has 1 aromatic carbocycles. The van der Waals surface area contributed by atoms with E-state index in [0.717, 1.165) is 37.5 Å². The first-order valence-electron chi connectivity index (χ1n) is 9.57. The van der Waals surface area contributed by atoms with Gasteiger partial charge < -0.3 is 5.32 Å². The third-order valence-electron chi connectivity index (χ3n) is 5.71. The molecule has 4 rings (SSSR count). The summed E-state index contributed by atoms with van der Waals surface area (Å²) in [5.74, 6) is 0. The van der Waals surface area contributed by atoms with Crippen LogP contribution in [0.2, 0.25) is 0 Å². The van der Waals surface area contributed by atoms with Crippen molar-refractivity contribution < 1.29 is 21.6 Å². The lowest BCUT2D eigenvalue weighted by molar-refractivity contribution is -0.141. The number of likely N-dealkylation sites (tertiary alicyclic amines) is 1. The fraction of sp³-hybridized carbons (Fsp3) is 0.450. The number of nitrogens with zero attached hydrogens (tertiary/aromatic N) is 3. The summed E-state index contributed by atoms with van der Waals surface area (Å²) in [5.41, 5.74) is 0.943. The monoisotopic (exact) mass is 440 g/mol. The Kier molecular flexibility index (Phi) is 5.06. The predicted molar refractivity (Wildman–Crippen MR) is 106 cm³/mol. The molecule has 6 nitrogen and oxygen atoms in total. The summed E-state index contributed by atoms with van der Waals surface area (Å²) in [6.07, 6.45) is -4.60. The SMILES string of the molecule is CNc1cccc(CN2CC3(C2)CN(S(=O)(=O)c2ccc(C(F)(F)F)nc2C)C3)c1. The number of rotatable bonds is 5. The van der Waals surface area contributed by atoms with Crippen molar-refractivity contribution in [3.63, 3.8) is 0 Å². The Morgan fingerprint density at radius 3 is 2.43 bits per heavy atom. The smallest absolute Gasteiger partial charge is 0.388 e. The Bertz CT molecular complexity index is 1060. The number of hydrogen-bond donors (Lipinski definition) is 1. The minimum absolute atomic E-state index is 0.0685. The van der Waals surface area contributed by atoms with Gasteiger partial charge in [0.1, 0.15) is 10.6 Å². The fourth-order valence-corrected chi connectivity index (χ4v) is 6.11. The van der Waals surface area contributed by atoms with Crippen LogP contribution in [0, 0.1) is 12.3 Å². The summed E-state index contributed by atoms with van der Waals surface area (Å²) < 4.78 is 65.4. The lowest BCUT2D eigenvalue weighted by Gasteiger charge is -2.59. The Morgan fingerprint density at radius 2 is 1.83 bits per heavy atom. The number of halogens is 3. The van der Waals surface area contributed by atoms with Crippen molar-refractivity contribution in [3.8, 4) is 0 Å². The minimum atomic E-state index is -4.60. The van der Waals surface area contributed by atoms with E-state index in [-0.39, 0.29) is 16.0 Å². The molecule has 162 valence electrons. The zero-order chi connectivity index (χ0) is 21.7. The highest BCUT2D eigenvalue weighted by atomic mass is 32.2. The lowest BCUT2D eigenvalue weighted by atomic mass is 9.74. The molecule has 0 radical (unpaired) electrons. The van der Waals surface area contributed by atoms with Gasteiger partial charge in [-0.2, -0.15) is 17.5 Å². The molecule has 30 heavy (non-hydrogen) atoms. The van der Waals surface area contributed by atoms with Crippen LogP contribution in [-0.2, 0) is 22.7 Å². The standard InChI is InChI=1S/C20H23F3N4O2S/c1-14-17(6-7-18(25-14)20(21,22)23)30(28,29)27-12-19(13-27)10-26(11-19)9-15-4-3-5-16(8-15)24-2/h3-8,24H,9-13H2,1-2H3. The molecular formula is C20H23F3N4O2S. The van der Waals surface area contributed by atoms with Crippen molar-refractivity contribution in [3.05, 3.63) is 53.3 Å². The van der Waals surface area contributed by atoms with Gasteiger partial charge in [0.15, 0.2) is 0 Å². The molecule has 0 atom stereocenters. The van der Waals surface area contributed by atoms with Crippen molar-refractivity contribution >= 4 is 15.7 Å². The number of sulfonamides is 1. The van der Waals surface area contributed by atoms with Crippen LogP contribution in [0.15, 0.2) is 41.3 Å². The quantitative estimate of drug-likeness (QED) is 0.775. The molecule has 1 N–H and O–H groups in total. The second-order valence-corrected chi connectivity index (χ2v) is 10.1. The predicted octanol–water partition coefficient (Wildman–Crippen LogP) is 2.96.